The Morgan fingerprint density at radius 2 is 1.49 bits per heavy atom. The summed E-state index contributed by atoms with van der Waals surface area (Å²) in [6, 6.07) is 14.6. The number of rotatable bonds is 10. The van der Waals surface area contributed by atoms with E-state index in [1.54, 1.807) is 55.0 Å². The summed E-state index contributed by atoms with van der Waals surface area (Å²) in [5.41, 5.74) is 3.61. The third kappa shape index (κ3) is 9.65. The first kappa shape index (κ1) is 45.1. The topological polar surface area (TPSA) is 204 Å². The Labute approximate surface area is 379 Å². The van der Waals surface area contributed by atoms with Gasteiger partial charge in [-0.3, -0.25) is 9.59 Å². The number of methoxy groups -OCH3 is 1. The lowest BCUT2D eigenvalue weighted by Crippen LogP contribution is -2.54. The molecule has 342 valence electrons. The summed E-state index contributed by atoms with van der Waals surface area (Å²) >= 11 is 0. The van der Waals surface area contributed by atoms with Crippen LogP contribution in [0.15, 0.2) is 93.9 Å². The number of benzene rings is 3. The molecule has 2 fully saturated rings. The minimum absolute atomic E-state index is 0.0369. The summed E-state index contributed by atoms with van der Waals surface area (Å²) in [5.74, 6) is 0.152. The number of anilines is 1. The third-order valence-electron chi connectivity index (χ3n) is 12.2. The van der Waals surface area contributed by atoms with Crippen molar-refractivity contribution in [2.45, 2.75) is 108 Å². The van der Waals surface area contributed by atoms with Crippen molar-refractivity contribution >= 4 is 56.3 Å². The molecular formula is C48H56N8O8S. The highest BCUT2D eigenvalue weighted by Gasteiger charge is 2.41. The maximum absolute atomic E-state index is 14.3. The summed E-state index contributed by atoms with van der Waals surface area (Å²) < 4.78 is 41.9. The van der Waals surface area contributed by atoms with Crippen LogP contribution < -0.4 is 16.0 Å². The summed E-state index contributed by atoms with van der Waals surface area (Å²) in [7, 11) is -2.84. The molecule has 0 unspecified atom stereocenters. The number of H-pyrrole nitrogens is 1. The van der Waals surface area contributed by atoms with E-state index in [0.717, 1.165) is 58.8 Å². The number of ether oxygens (including phenoxy) is 2. The van der Waals surface area contributed by atoms with Gasteiger partial charge in [0, 0.05) is 18.7 Å². The zero-order valence-corrected chi connectivity index (χ0v) is 38.3. The van der Waals surface area contributed by atoms with E-state index in [9.17, 15) is 27.6 Å². The zero-order chi connectivity index (χ0) is 46.2. The van der Waals surface area contributed by atoms with Gasteiger partial charge in [-0.2, -0.15) is 8.42 Å². The molecule has 4 atom stereocenters. The quantitative estimate of drug-likeness (QED) is 0.123. The van der Waals surface area contributed by atoms with E-state index in [2.05, 4.69) is 31.4 Å². The molecule has 0 spiro atoms. The number of nitrogens with one attached hydrogen (secondary N) is 4. The second kappa shape index (κ2) is 18.2. The van der Waals surface area contributed by atoms with E-state index >= 15 is 0 Å². The predicted octanol–water partition coefficient (Wildman–Crippen LogP) is 7.61. The van der Waals surface area contributed by atoms with Crippen LogP contribution in [0.3, 0.4) is 0 Å². The van der Waals surface area contributed by atoms with Crippen molar-refractivity contribution in [1.82, 2.24) is 30.4 Å². The molecule has 1 aliphatic carbocycles. The van der Waals surface area contributed by atoms with Crippen LogP contribution in [0.5, 0.6) is 0 Å². The van der Waals surface area contributed by atoms with Gasteiger partial charge in [-0.1, -0.05) is 62.4 Å². The average molecular weight is 905 g/mol. The van der Waals surface area contributed by atoms with E-state index in [4.69, 9.17) is 14.5 Å². The summed E-state index contributed by atoms with van der Waals surface area (Å²) in [6.45, 7) is 9.94. The molecular weight excluding hydrogens is 849 g/mol. The van der Waals surface area contributed by atoms with Crippen molar-refractivity contribution in [3.8, 4) is 22.4 Å². The fourth-order valence-electron chi connectivity index (χ4n) is 9.00. The lowest BCUT2D eigenvalue weighted by Gasteiger charge is -2.32. The van der Waals surface area contributed by atoms with Crippen molar-refractivity contribution in [3.63, 3.8) is 0 Å². The number of hydrogen-bond donors (Lipinski definition) is 4. The Morgan fingerprint density at radius 3 is 2.17 bits per heavy atom. The van der Waals surface area contributed by atoms with Crippen molar-refractivity contribution < 1.29 is 37.1 Å². The molecule has 4 aliphatic rings. The van der Waals surface area contributed by atoms with Crippen LogP contribution in [-0.2, 0) is 29.1 Å². The second-order valence-corrected chi connectivity index (χ2v) is 19.8. The van der Waals surface area contributed by atoms with Crippen LogP contribution in [0.1, 0.15) is 85.0 Å². The number of aromatic nitrogens is 2. The first-order valence-electron chi connectivity index (χ1n) is 22.2. The largest absolute Gasteiger partial charge is 0.453 e. The predicted molar refractivity (Wildman–Crippen MR) is 247 cm³/mol. The van der Waals surface area contributed by atoms with Gasteiger partial charge in [-0.05, 0) is 117 Å². The normalized spacial score (nSPS) is 20.0. The molecule has 4 aromatic rings. The number of sulfonamides is 1. The number of amidine groups is 1. The van der Waals surface area contributed by atoms with Gasteiger partial charge in [0.1, 0.15) is 34.2 Å². The Kier molecular flexibility index (Phi) is 12.6. The molecule has 16 nitrogen and oxygen atoms in total. The first-order valence-corrected chi connectivity index (χ1v) is 23.6. The highest BCUT2D eigenvalue weighted by Crippen LogP contribution is 2.37. The van der Waals surface area contributed by atoms with E-state index < -0.39 is 45.9 Å². The molecule has 17 heteroatoms. The van der Waals surface area contributed by atoms with Gasteiger partial charge >= 0.3 is 12.2 Å². The Balaban J connectivity index is 0.995. The minimum Gasteiger partial charge on any atom is -0.453 e. The fourth-order valence-corrected chi connectivity index (χ4v) is 10.1. The van der Waals surface area contributed by atoms with Crippen LogP contribution in [-0.4, -0.2) is 102 Å². The smallest absolute Gasteiger partial charge is 0.408 e. The molecule has 0 bridgehead atoms. The van der Waals surface area contributed by atoms with Gasteiger partial charge in [-0.25, -0.2) is 14.6 Å². The van der Waals surface area contributed by atoms with Gasteiger partial charge in [-0.15, -0.1) is 4.40 Å². The maximum atomic E-state index is 14.3. The highest BCUT2D eigenvalue weighted by molar-refractivity contribution is 7.90. The number of allylic oxidation sites excluding steroid dienone is 2. The molecule has 0 radical (unpaired) electrons. The van der Waals surface area contributed by atoms with Crippen molar-refractivity contribution in [1.29, 1.82) is 0 Å². The number of fused-ring (bicyclic) bond motifs is 2. The van der Waals surface area contributed by atoms with Crippen LogP contribution in [0, 0.1) is 5.92 Å². The lowest BCUT2D eigenvalue weighted by molar-refractivity contribution is -0.135. The van der Waals surface area contributed by atoms with E-state index in [1.807, 2.05) is 62.4 Å². The molecule has 1 aromatic heterocycles. The van der Waals surface area contributed by atoms with Gasteiger partial charge < -0.3 is 40.2 Å². The van der Waals surface area contributed by atoms with Crippen LogP contribution >= 0.6 is 0 Å². The molecule has 4 N–H and O–H groups in total. The number of likely N-dealkylation sites (tertiary alicyclic amines) is 2. The van der Waals surface area contributed by atoms with E-state index in [-0.39, 0.29) is 34.5 Å². The standard InChI is InChI=1S/C48H56N8O8S/c1-28(2)40(52-46(59)63-6)44(57)55-22-10-14-37(55)42-49-27-36(51-42)34-19-18-30-24-31(16-17-32(30)25-34)33-20-21-39-35(26-33)50-43(54-65(39,61)62)38-15-11-23-56(38)45(58)41(29-12-8-7-9-13-29)53-47(60)64-48(3,4)5/h8,12-13,16-21,24-28,37-38,40-41H,7,9-11,14-15,22-23H2,1-6H3,(H,49,51)(H,50,54)(H,52,59)(H,53,60)/t37-,38-,40-,41+/m0/s1. The van der Waals surface area contributed by atoms with Crippen molar-refractivity contribution in [3.05, 3.63) is 90.4 Å². The molecule has 2 saturated heterocycles. The number of imidazole rings is 1. The molecule has 3 aliphatic heterocycles. The van der Waals surface area contributed by atoms with Crippen LogP contribution in [0.4, 0.5) is 15.3 Å². The molecule has 0 saturated carbocycles. The third-order valence-corrected chi connectivity index (χ3v) is 13.5. The SMILES string of the molecule is COC(=O)N[C@H](C(=O)N1CCC[C@H]1c1ncc(-c2ccc3cc(-c4ccc5c(c4)NC([C@@H]4CCCN4C(=O)[C@H](NC(=O)OC(C)(C)C)C4=CCCC=C4)=NS5(=O)=O)ccc3c2)[nH]1)C(C)C. The Hall–Kier alpha value is -6.49. The maximum Gasteiger partial charge on any atom is 0.408 e. The highest BCUT2D eigenvalue weighted by atomic mass is 32.2. The van der Waals surface area contributed by atoms with Crippen LogP contribution in [0.25, 0.3) is 33.2 Å². The number of nitrogens with zero attached hydrogens (tertiary/aromatic N) is 4. The van der Waals surface area contributed by atoms with Gasteiger partial charge in [0.2, 0.25) is 5.91 Å². The molecule has 8 rings (SSSR count). The van der Waals surface area contributed by atoms with Gasteiger partial charge in [0.25, 0.3) is 15.9 Å². The summed E-state index contributed by atoms with van der Waals surface area (Å²) in [5, 5.41) is 10.7. The lowest BCUT2D eigenvalue weighted by atomic mass is 9.98. The fraction of sp³-hybridized carbons (Fsp3) is 0.417. The molecule has 3 aromatic carbocycles. The Morgan fingerprint density at radius 1 is 0.831 bits per heavy atom. The number of amides is 4. The van der Waals surface area contributed by atoms with E-state index in [0.29, 0.717) is 43.0 Å². The average Bonchev–Trinajstić information content (AvgIpc) is 4.08. The number of carbonyl (C=O) groups excluding carboxylic acids is 4. The minimum atomic E-state index is -4.12. The molecule has 4 heterocycles. The number of aromatic amines is 1. The van der Waals surface area contributed by atoms with Crippen LogP contribution in [0.2, 0.25) is 0 Å². The second-order valence-electron chi connectivity index (χ2n) is 18.2. The van der Waals surface area contributed by atoms with Crippen molar-refractivity contribution in [2.24, 2.45) is 10.3 Å². The van der Waals surface area contributed by atoms with E-state index in [1.165, 1.54) is 7.11 Å². The zero-order valence-electron chi connectivity index (χ0n) is 37.5. The summed E-state index contributed by atoms with van der Waals surface area (Å²) in [4.78, 5) is 64.5. The van der Waals surface area contributed by atoms with Gasteiger partial charge in [0.05, 0.1) is 36.8 Å². The molecule has 65 heavy (non-hydrogen) atoms. The van der Waals surface area contributed by atoms with Gasteiger partial charge in [0.15, 0.2) is 0 Å². The van der Waals surface area contributed by atoms with Crippen molar-refractivity contribution in [2.75, 3.05) is 25.5 Å². The molecule has 4 amide bonds. The Bertz CT molecular complexity index is 2740. The first-order chi connectivity index (χ1) is 31.0. The monoisotopic (exact) mass is 904 g/mol. The number of alkyl carbamates (subject to hydrolysis) is 2. The summed E-state index contributed by atoms with van der Waals surface area (Å²) in [6.07, 6.45) is 10.3. The number of hydrogen-bond acceptors (Lipinski definition) is 10. The number of carbonyl (C=O) groups is 4.